The molecule has 0 radical (unpaired) electrons. The largest absolute Gasteiger partial charge is 0 e. The van der Waals surface area contributed by atoms with E-state index in [-0.39, 0.29) is 21.1 Å². The van der Waals surface area contributed by atoms with Crippen LogP contribution in [-0.2, 0) is 42.2 Å². The van der Waals surface area contributed by atoms with Crippen molar-refractivity contribution in [2.24, 2.45) is 0 Å². The Balaban J connectivity index is 0.000000212. The third kappa shape index (κ3) is 3.99. The van der Waals surface area contributed by atoms with Crippen molar-refractivity contribution >= 4 is 0 Å². The maximum atomic E-state index is 5.24. The van der Waals surface area contributed by atoms with E-state index in [2.05, 4.69) is 6.07 Å². The average Bonchev–Trinajstić information content (AvgIpc) is 3.05. The Kier molecular flexibility index (Phi) is 5.53. The summed E-state index contributed by atoms with van der Waals surface area (Å²) in [5.74, 6) is 0.991. The topological polar surface area (TPSA) is 9.23 Å². The molecule has 0 N–H and O–H groups in total. The zero-order valence-corrected chi connectivity index (χ0v) is 10.8. The van der Waals surface area contributed by atoms with Crippen LogP contribution in [0.25, 0.3) is 0 Å². The van der Waals surface area contributed by atoms with Gasteiger partial charge in [-0.05, 0) is 24.1 Å². The smallest absolute Gasteiger partial charge is 0 e. The third-order valence-electron chi connectivity index (χ3n) is 1.77. The van der Waals surface area contributed by atoms with Crippen molar-refractivity contribution < 1.29 is 40.5 Å². The van der Waals surface area contributed by atoms with E-state index in [0.29, 0.717) is 0 Å². The summed E-state index contributed by atoms with van der Waals surface area (Å²) in [4.78, 5) is 0. The van der Waals surface area contributed by atoms with Crippen molar-refractivity contribution in [3.05, 3.63) is 42.2 Å². The van der Waals surface area contributed by atoms with Crippen LogP contribution < -0.4 is 4.74 Å². The first-order valence-corrected chi connectivity index (χ1v) is 5.81. The Bertz CT molecular complexity index is 280. The molecule has 1 nitrogen and oxygen atoms in total. The van der Waals surface area contributed by atoms with Gasteiger partial charge in [-0.25, -0.2) is 0 Å². The van der Waals surface area contributed by atoms with Gasteiger partial charge in [0.1, 0.15) is 5.75 Å². The van der Waals surface area contributed by atoms with Crippen molar-refractivity contribution in [1.29, 1.82) is 0 Å². The van der Waals surface area contributed by atoms with Gasteiger partial charge in [0.15, 0.2) is 0 Å². The molecule has 0 atom stereocenters. The van der Waals surface area contributed by atoms with Crippen LogP contribution >= 0.6 is 0 Å². The molecule has 1 saturated heterocycles. The fraction of sp³-hybridized carbons (Fsp3) is 0.273. The van der Waals surface area contributed by atoms with Crippen LogP contribution in [0, 0.1) is 0 Å². The third-order valence-corrected chi connectivity index (χ3v) is 2.29. The first-order chi connectivity index (χ1) is 6.47. The van der Waals surface area contributed by atoms with E-state index in [4.69, 9.17) is 4.74 Å². The van der Waals surface area contributed by atoms with Crippen LogP contribution in [0.4, 0.5) is 0 Å². The number of hydrogen-bond acceptors (Lipinski definition) is 1. The molecule has 77 valence electrons. The Hall–Kier alpha value is -0.0452. The minimum atomic E-state index is 0. The van der Waals surface area contributed by atoms with E-state index in [9.17, 15) is 0 Å². The molecule has 2 aliphatic heterocycles. The molecule has 3 rings (SSSR count). The summed E-state index contributed by atoms with van der Waals surface area (Å²) in [7, 11) is 0. The van der Waals surface area contributed by atoms with Crippen LogP contribution in [0.5, 0.6) is 5.75 Å². The molecule has 0 unspecified atom stereocenters. The van der Waals surface area contributed by atoms with Gasteiger partial charge in [0.25, 0.3) is 0 Å². The summed E-state index contributed by atoms with van der Waals surface area (Å²) in [6, 6.07) is 8.08. The molecule has 2 heterocycles. The molecule has 3 heteroatoms. The van der Waals surface area contributed by atoms with E-state index in [0.717, 1.165) is 12.2 Å². The molecule has 0 aliphatic carbocycles. The number of hydrogen-bond donors (Lipinski definition) is 0. The molecule has 0 saturated carbocycles. The van der Waals surface area contributed by atoms with E-state index in [1.807, 2.05) is 24.3 Å². The molecule has 0 aromatic heterocycles. The van der Waals surface area contributed by atoms with Gasteiger partial charge in [0.2, 0.25) is 0 Å². The number of allylic oxidation sites excluding steroid dienone is 1. The molecule has 0 bridgehead atoms. The maximum Gasteiger partial charge on any atom is 0 e. The van der Waals surface area contributed by atoms with Gasteiger partial charge in [-0.2, -0.15) is 0 Å². The number of ether oxygens (including phenoxy) is 1. The summed E-state index contributed by atoms with van der Waals surface area (Å²) in [5, 5.41) is 2.94. The SMILES string of the molecule is C1=COc2ccccc2C1.[CH2]1[CH2][Co]1.[Mo]. The van der Waals surface area contributed by atoms with Crippen LogP contribution in [0.3, 0.4) is 0 Å². The van der Waals surface area contributed by atoms with Crippen LogP contribution in [0.15, 0.2) is 36.6 Å². The second-order valence-corrected chi connectivity index (χ2v) is 4.36. The Morgan fingerprint density at radius 2 is 1.86 bits per heavy atom. The molecule has 1 fully saturated rings. The number of fused-ring (bicyclic) bond motifs is 1. The molecule has 1 aromatic rings. The van der Waals surface area contributed by atoms with E-state index in [1.54, 1.807) is 21.0 Å². The monoisotopic (exact) mass is 317 g/mol. The molecular weight excluding hydrogens is 303 g/mol. The van der Waals surface area contributed by atoms with E-state index < -0.39 is 0 Å². The minimum absolute atomic E-state index is 0. The van der Waals surface area contributed by atoms with E-state index >= 15 is 0 Å². The summed E-state index contributed by atoms with van der Waals surface area (Å²) in [5.41, 5.74) is 1.27. The maximum absolute atomic E-state index is 5.24. The fourth-order valence-corrected chi connectivity index (χ4v) is 1.08. The first-order valence-electron chi connectivity index (χ1n) is 4.33. The number of rotatable bonds is 0. The molecule has 0 spiro atoms. The van der Waals surface area contributed by atoms with Crippen molar-refractivity contribution in [2.75, 3.05) is 0 Å². The Labute approximate surface area is 105 Å². The molecule has 14 heavy (non-hydrogen) atoms. The van der Waals surface area contributed by atoms with Crippen LogP contribution in [-0.4, -0.2) is 0 Å². The quantitative estimate of drug-likeness (QED) is 0.669. The predicted molar refractivity (Wildman–Crippen MR) is 49.5 cm³/mol. The van der Waals surface area contributed by atoms with Crippen molar-refractivity contribution in [3.8, 4) is 5.75 Å². The summed E-state index contributed by atoms with van der Waals surface area (Å²) >= 11 is 1.69. The van der Waals surface area contributed by atoms with Crippen LogP contribution in [0.2, 0.25) is 10.7 Å². The van der Waals surface area contributed by atoms with Crippen molar-refractivity contribution in [2.45, 2.75) is 17.1 Å². The van der Waals surface area contributed by atoms with Gasteiger partial charge in [0, 0.05) is 21.1 Å². The Morgan fingerprint density at radius 3 is 2.50 bits per heavy atom. The second kappa shape index (κ2) is 6.44. The minimum Gasteiger partial charge on any atom is 0 e. The molecule has 0 amide bonds. The second-order valence-electron chi connectivity index (χ2n) is 2.80. The van der Waals surface area contributed by atoms with Crippen molar-refractivity contribution in [3.63, 3.8) is 0 Å². The average molecular weight is 315 g/mol. The van der Waals surface area contributed by atoms with Gasteiger partial charge in [-0.15, -0.1) is 0 Å². The zero-order valence-electron chi connectivity index (χ0n) is 7.74. The predicted octanol–water partition coefficient (Wildman–Crippen LogP) is 3.05. The number of benzene rings is 1. The summed E-state index contributed by atoms with van der Waals surface area (Å²) in [6.45, 7) is 0. The summed E-state index contributed by atoms with van der Waals surface area (Å²) < 4.78 is 5.24. The number of para-hydroxylation sites is 1. The van der Waals surface area contributed by atoms with Gasteiger partial charge >= 0.3 is 25.4 Å². The zero-order chi connectivity index (χ0) is 8.93. The first kappa shape index (κ1) is 12.0. The fourth-order valence-electron chi connectivity index (χ4n) is 1.08. The normalized spacial score (nSPS) is 15.7. The van der Waals surface area contributed by atoms with Gasteiger partial charge < -0.3 is 4.74 Å². The van der Waals surface area contributed by atoms with Gasteiger partial charge in [0.05, 0.1) is 6.26 Å². The standard InChI is InChI=1S/C9H8O.C2H4.Co.Mo/c1-2-6-9-8(4-1)5-3-7-10-9;1-2;;/h1-4,6-7H,5H2;1-2H2;;. The summed E-state index contributed by atoms with van der Waals surface area (Å²) in [6.07, 6.45) is 4.75. The van der Waals surface area contributed by atoms with Crippen LogP contribution in [0.1, 0.15) is 5.56 Å². The Morgan fingerprint density at radius 1 is 1.14 bits per heavy atom. The van der Waals surface area contributed by atoms with E-state index in [1.165, 1.54) is 16.3 Å². The molecular formula is C11H12CoMoO. The molecule has 2 aliphatic rings. The molecule has 1 aromatic carbocycles. The van der Waals surface area contributed by atoms with Crippen molar-refractivity contribution in [1.82, 2.24) is 0 Å². The van der Waals surface area contributed by atoms with Gasteiger partial charge in [-0.3, -0.25) is 0 Å². The van der Waals surface area contributed by atoms with Gasteiger partial charge in [-0.1, -0.05) is 18.2 Å².